The van der Waals surface area contributed by atoms with Crippen LogP contribution in [-0.2, 0) is 16.6 Å². The number of H-pyrrole nitrogens is 2. The molecule has 0 saturated carbocycles. The molecule has 0 aliphatic rings. The molecule has 1 heterocycles. The molecule has 0 saturated heterocycles. The summed E-state index contributed by atoms with van der Waals surface area (Å²) in [5.41, 5.74) is 1.62. The van der Waals surface area contributed by atoms with E-state index < -0.39 is 15.8 Å². The maximum Gasteiger partial charge on any atom is 0.323 e. The molecule has 0 amide bonds. The van der Waals surface area contributed by atoms with Crippen LogP contribution in [0.2, 0.25) is 0 Å². The van der Waals surface area contributed by atoms with Crippen molar-refractivity contribution in [3.05, 3.63) is 64.3 Å². The van der Waals surface area contributed by atoms with Crippen LogP contribution in [0.1, 0.15) is 5.56 Å². The van der Waals surface area contributed by atoms with Gasteiger partial charge in [0.2, 0.25) is 10.0 Å². The SMILES string of the molecule is O=c1[nH]c2ccc(CNS(=O)(=O)c3ccc(F)cc3)cc2[nH]1. The van der Waals surface area contributed by atoms with E-state index in [0.717, 1.165) is 12.1 Å². The number of imidazole rings is 1. The third-order valence-electron chi connectivity index (χ3n) is 3.17. The highest BCUT2D eigenvalue weighted by Gasteiger charge is 2.13. The van der Waals surface area contributed by atoms with Crippen molar-refractivity contribution in [3.8, 4) is 0 Å². The van der Waals surface area contributed by atoms with E-state index in [-0.39, 0.29) is 17.1 Å². The molecule has 3 aromatic rings. The monoisotopic (exact) mass is 321 g/mol. The molecule has 0 atom stereocenters. The number of hydrogen-bond acceptors (Lipinski definition) is 3. The molecule has 3 rings (SSSR count). The van der Waals surface area contributed by atoms with E-state index >= 15 is 0 Å². The van der Waals surface area contributed by atoms with Crippen LogP contribution >= 0.6 is 0 Å². The Balaban J connectivity index is 1.80. The van der Waals surface area contributed by atoms with Gasteiger partial charge in [0.05, 0.1) is 15.9 Å². The van der Waals surface area contributed by atoms with E-state index in [1.54, 1.807) is 18.2 Å². The molecule has 2 aromatic carbocycles. The van der Waals surface area contributed by atoms with Crippen molar-refractivity contribution >= 4 is 21.1 Å². The molecule has 22 heavy (non-hydrogen) atoms. The molecular weight excluding hydrogens is 309 g/mol. The minimum atomic E-state index is -3.72. The lowest BCUT2D eigenvalue weighted by Gasteiger charge is -2.07. The van der Waals surface area contributed by atoms with Gasteiger partial charge in [-0.2, -0.15) is 0 Å². The number of rotatable bonds is 4. The number of hydrogen-bond donors (Lipinski definition) is 3. The van der Waals surface area contributed by atoms with E-state index in [4.69, 9.17) is 0 Å². The van der Waals surface area contributed by atoms with Gasteiger partial charge in [0.25, 0.3) is 0 Å². The Morgan fingerprint density at radius 1 is 1.00 bits per heavy atom. The van der Waals surface area contributed by atoms with Crippen molar-refractivity contribution in [2.45, 2.75) is 11.4 Å². The standard InChI is InChI=1S/C14H12FN3O3S/c15-10-2-4-11(5-3-10)22(20,21)16-8-9-1-6-12-13(7-9)18-14(19)17-12/h1-7,16H,8H2,(H2,17,18,19). The highest BCUT2D eigenvalue weighted by atomic mass is 32.2. The van der Waals surface area contributed by atoms with E-state index in [2.05, 4.69) is 14.7 Å². The van der Waals surface area contributed by atoms with Crippen molar-refractivity contribution in [1.82, 2.24) is 14.7 Å². The smallest absolute Gasteiger partial charge is 0.306 e. The lowest BCUT2D eigenvalue weighted by atomic mass is 10.2. The molecule has 0 radical (unpaired) electrons. The summed E-state index contributed by atoms with van der Waals surface area (Å²) in [6.45, 7) is 0.0584. The highest BCUT2D eigenvalue weighted by Crippen LogP contribution is 2.13. The molecule has 0 spiro atoms. The number of fused-ring (bicyclic) bond motifs is 1. The fraction of sp³-hybridized carbons (Fsp3) is 0.0714. The van der Waals surface area contributed by atoms with Crippen LogP contribution in [0.4, 0.5) is 4.39 Å². The largest absolute Gasteiger partial charge is 0.323 e. The molecule has 114 valence electrons. The Bertz CT molecular complexity index is 974. The van der Waals surface area contributed by atoms with Crippen molar-refractivity contribution in [1.29, 1.82) is 0 Å². The predicted molar refractivity (Wildman–Crippen MR) is 79.3 cm³/mol. The number of benzene rings is 2. The van der Waals surface area contributed by atoms with Crippen LogP contribution in [0.15, 0.2) is 52.2 Å². The zero-order valence-corrected chi connectivity index (χ0v) is 12.1. The first kappa shape index (κ1) is 14.5. The van der Waals surface area contributed by atoms with Gasteiger partial charge in [-0.1, -0.05) is 6.07 Å². The van der Waals surface area contributed by atoms with E-state index in [1.807, 2.05) is 0 Å². The first-order valence-electron chi connectivity index (χ1n) is 6.40. The molecule has 6 nitrogen and oxygen atoms in total. The molecule has 0 bridgehead atoms. The van der Waals surface area contributed by atoms with Crippen LogP contribution in [-0.4, -0.2) is 18.4 Å². The number of aromatic amines is 2. The minimum absolute atomic E-state index is 0.00923. The predicted octanol–water partition coefficient (Wildman–Crippen LogP) is 1.47. The maximum atomic E-state index is 12.8. The fourth-order valence-electron chi connectivity index (χ4n) is 2.07. The zero-order chi connectivity index (χ0) is 15.7. The summed E-state index contributed by atoms with van der Waals surface area (Å²) >= 11 is 0. The quantitative estimate of drug-likeness (QED) is 0.679. The Morgan fingerprint density at radius 2 is 1.68 bits per heavy atom. The Hall–Kier alpha value is -2.45. The summed E-state index contributed by atoms with van der Waals surface area (Å²) in [5.74, 6) is -0.499. The van der Waals surface area contributed by atoms with E-state index in [0.29, 0.717) is 16.6 Å². The van der Waals surface area contributed by atoms with Gasteiger partial charge in [-0.25, -0.2) is 22.3 Å². The third kappa shape index (κ3) is 2.92. The van der Waals surface area contributed by atoms with Gasteiger partial charge in [0.15, 0.2) is 0 Å². The lowest BCUT2D eigenvalue weighted by Crippen LogP contribution is -2.23. The van der Waals surface area contributed by atoms with E-state index in [1.165, 1.54) is 12.1 Å². The zero-order valence-electron chi connectivity index (χ0n) is 11.3. The Labute approximate surface area is 125 Å². The highest BCUT2D eigenvalue weighted by molar-refractivity contribution is 7.89. The molecule has 0 aliphatic carbocycles. The molecule has 0 fully saturated rings. The topological polar surface area (TPSA) is 94.8 Å². The van der Waals surface area contributed by atoms with Gasteiger partial charge in [0.1, 0.15) is 5.82 Å². The summed E-state index contributed by atoms with van der Waals surface area (Å²) < 4.78 is 39.4. The van der Waals surface area contributed by atoms with Crippen LogP contribution in [0.3, 0.4) is 0 Å². The van der Waals surface area contributed by atoms with Gasteiger partial charge in [-0.3, -0.25) is 0 Å². The van der Waals surface area contributed by atoms with Gasteiger partial charge >= 0.3 is 5.69 Å². The van der Waals surface area contributed by atoms with Gasteiger partial charge < -0.3 is 9.97 Å². The molecule has 8 heteroatoms. The van der Waals surface area contributed by atoms with Crippen molar-refractivity contribution in [2.75, 3.05) is 0 Å². The molecule has 0 aliphatic heterocycles. The van der Waals surface area contributed by atoms with Gasteiger partial charge in [-0.15, -0.1) is 0 Å². The second-order valence-corrected chi connectivity index (χ2v) is 6.50. The summed E-state index contributed by atoms with van der Waals surface area (Å²) in [4.78, 5) is 16.4. The van der Waals surface area contributed by atoms with Crippen molar-refractivity contribution in [3.63, 3.8) is 0 Å². The normalized spacial score (nSPS) is 11.9. The number of halogens is 1. The Kier molecular flexibility index (Phi) is 3.55. The average Bonchev–Trinajstić information content (AvgIpc) is 2.85. The number of nitrogens with one attached hydrogen (secondary N) is 3. The first-order valence-corrected chi connectivity index (χ1v) is 7.88. The van der Waals surface area contributed by atoms with Crippen molar-refractivity contribution in [2.24, 2.45) is 0 Å². The number of aromatic nitrogens is 2. The van der Waals surface area contributed by atoms with Crippen molar-refractivity contribution < 1.29 is 12.8 Å². The first-order chi connectivity index (χ1) is 10.4. The summed E-state index contributed by atoms with van der Waals surface area (Å²) in [7, 11) is -3.72. The summed E-state index contributed by atoms with van der Waals surface area (Å²) in [6, 6.07) is 9.65. The maximum absolute atomic E-state index is 12.8. The number of sulfonamides is 1. The van der Waals surface area contributed by atoms with Crippen LogP contribution in [0.25, 0.3) is 11.0 Å². The lowest BCUT2D eigenvalue weighted by molar-refractivity contribution is 0.580. The summed E-state index contributed by atoms with van der Waals surface area (Å²) in [6.07, 6.45) is 0. The van der Waals surface area contributed by atoms with Crippen LogP contribution in [0, 0.1) is 5.82 Å². The van der Waals surface area contributed by atoms with Crippen LogP contribution < -0.4 is 10.4 Å². The molecule has 3 N–H and O–H groups in total. The van der Waals surface area contributed by atoms with Gasteiger partial charge in [-0.05, 0) is 42.0 Å². The second kappa shape index (κ2) is 5.39. The van der Waals surface area contributed by atoms with E-state index in [9.17, 15) is 17.6 Å². The fourth-order valence-corrected chi connectivity index (χ4v) is 3.08. The molecule has 0 unspecified atom stereocenters. The summed E-state index contributed by atoms with van der Waals surface area (Å²) in [5, 5.41) is 0. The third-order valence-corrected chi connectivity index (χ3v) is 4.59. The van der Waals surface area contributed by atoms with Crippen LogP contribution in [0.5, 0.6) is 0 Å². The van der Waals surface area contributed by atoms with Gasteiger partial charge in [0, 0.05) is 6.54 Å². The second-order valence-electron chi connectivity index (χ2n) is 4.74. The minimum Gasteiger partial charge on any atom is -0.306 e. The molecule has 1 aromatic heterocycles. The molecular formula is C14H12FN3O3S. The Morgan fingerprint density at radius 3 is 2.41 bits per heavy atom. The average molecular weight is 321 g/mol.